The zero-order chi connectivity index (χ0) is 16.1. The van der Waals surface area contributed by atoms with E-state index in [1.165, 1.54) is 11.8 Å². The Labute approximate surface area is 144 Å². The van der Waals surface area contributed by atoms with E-state index < -0.39 is 0 Å². The molecule has 3 aromatic rings. The molecule has 4 heteroatoms. The second kappa shape index (κ2) is 7.49. The molecular formula is C19H16O2S2. The van der Waals surface area contributed by atoms with Crippen LogP contribution in [0.2, 0.25) is 0 Å². The highest BCUT2D eigenvalue weighted by Crippen LogP contribution is 2.43. The fraction of sp³-hybridized carbons (Fsp3) is 0.0526. The van der Waals surface area contributed by atoms with Gasteiger partial charge in [0.1, 0.15) is 11.5 Å². The minimum atomic E-state index is 0.262. The van der Waals surface area contributed by atoms with Crippen molar-refractivity contribution < 1.29 is 9.84 Å². The van der Waals surface area contributed by atoms with Crippen LogP contribution in [-0.2, 0) is 0 Å². The van der Waals surface area contributed by atoms with Crippen molar-refractivity contribution in [2.24, 2.45) is 0 Å². The lowest BCUT2D eigenvalue weighted by Gasteiger charge is -2.12. The number of hydrogen-bond acceptors (Lipinski definition) is 4. The molecule has 0 bridgehead atoms. The maximum Gasteiger partial charge on any atom is 0.134 e. The van der Waals surface area contributed by atoms with Crippen molar-refractivity contribution in [1.82, 2.24) is 0 Å². The molecule has 0 heterocycles. The Morgan fingerprint density at radius 2 is 1.26 bits per heavy atom. The lowest BCUT2D eigenvalue weighted by molar-refractivity contribution is 0.398. The van der Waals surface area contributed by atoms with Gasteiger partial charge >= 0.3 is 0 Å². The number of phenols is 1. The summed E-state index contributed by atoms with van der Waals surface area (Å²) in [7, 11) is 1.65. The van der Waals surface area contributed by atoms with E-state index in [-0.39, 0.29) is 5.75 Å². The normalized spacial score (nSPS) is 10.5. The fourth-order valence-electron chi connectivity index (χ4n) is 2.08. The van der Waals surface area contributed by atoms with Gasteiger partial charge in [0.2, 0.25) is 0 Å². The lowest BCUT2D eigenvalue weighted by Crippen LogP contribution is -1.88. The first-order valence-electron chi connectivity index (χ1n) is 7.13. The monoisotopic (exact) mass is 340 g/mol. The summed E-state index contributed by atoms with van der Waals surface area (Å²) in [4.78, 5) is 3.86. The Morgan fingerprint density at radius 3 is 1.78 bits per heavy atom. The van der Waals surface area contributed by atoms with Crippen LogP contribution in [0.25, 0.3) is 0 Å². The summed E-state index contributed by atoms with van der Waals surface area (Å²) in [6.07, 6.45) is 0. The van der Waals surface area contributed by atoms with E-state index in [1.54, 1.807) is 24.9 Å². The van der Waals surface area contributed by atoms with E-state index in [0.717, 1.165) is 25.3 Å². The summed E-state index contributed by atoms with van der Waals surface area (Å²) >= 11 is 3.09. The molecule has 0 aliphatic carbocycles. The van der Waals surface area contributed by atoms with Gasteiger partial charge in [-0.2, -0.15) is 0 Å². The van der Waals surface area contributed by atoms with Gasteiger partial charge in [-0.15, -0.1) is 0 Å². The number of rotatable bonds is 5. The fourth-order valence-corrected chi connectivity index (χ4v) is 3.92. The van der Waals surface area contributed by atoms with Crippen LogP contribution >= 0.6 is 23.5 Å². The van der Waals surface area contributed by atoms with Crippen molar-refractivity contribution in [3.05, 3.63) is 72.8 Å². The van der Waals surface area contributed by atoms with Crippen molar-refractivity contribution in [1.29, 1.82) is 0 Å². The van der Waals surface area contributed by atoms with Gasteiger partial charge in [0.15, 0.2) is 0 Å². The Hall–Kier alpha value is -2.04. The van der Waals surface area contributed by atoms with Crippen LogP contribution in [0, 0.1) is 0 Å². The highest BCUT2D eigenvalue weighted by Gasteiger charge is 2.12. The number of ether oxygens (including phenoxy) is 1. The van der Waals surface area contributed by atoms with Crippen LogP contribution in [0.5, 0.6) is 11.5 Å². The smallest absolute Gasteiger partial charge is 0.134 e. The molecule has 0 fully saturated rings. The van der Waals surface area contributed by atoms with Crippen LogP contribution in [0.3, 0.4) is 0 Å². The summed E-state index contributed by atoms with van der Waals surface area (Å²) < 4.78 is 5.51. The molecule has 116 valence electrons. The molecule has 0 saturated carbocycles. The van der Waals surface area contributed by atoms with Gasteiger partial charge in [0, 0.05) is 9.79 Å². The third-order valence-corrected chi connectivity index (χ3v) is 5.29. The predicted octanol–water partition coefficient (Wildman–Crippen LogP) is 5.70. The van der Waals surface area contributed by atoms with Gasteiger partial charge in [-0.05, 0) is 36.4 Å². The van der Waals surface area contributed by atoms with E-state index in [9.17, 15) is 5.11 Å². The molecule has 0 radical (unpaired) electrons. The molecule has 0 aliphatic rings. The molecule has 0 atom stereocenters. The largest absolute Gasteiger partial charge is 0.507 e. The van der Waals surface area contributed by atoms with Crippen LogP contribution in [0.4, 0.5) is 0 Å². The van der Waals surface area contributed by atoms with Crippen LogP contribution in [0.1, 0.15) is 0 Å². The highest BCUT2D eigenvalue weighted by atomic mass is 32.2. The molecule has 23 heavy (non-hydrogen) atoms. The summed E-state index contributed by atoms with van der Waals surface area (Å²) in [5.41, 5.74) is 0. The maximum absolute atomic E-state index is 10.4. The second-order valence-corrected chi connectivity index (χ2v) is 7.03. The summed E-state index contributed by atoms with van der Waals surface area (Å²) in [6, 6.07) is 23.7. The van der Waals surface area contributed by atoms with E-state index >= 15 is 0 Å². The van der Waals surface area contributed by atoms with Crippen LogP contribution in [0.15, 0.2) is 92.4 Å². The summed E-state index contributed by atoms with van der Waals surface area (Å²) in [6.45, 7) is 0. The molecule has 3 rings (SSSR count). The standard InChI is InChI=1S/C19H16O2S2/c1-21-17-13-18(22-14-8-4-2-5-9-14)16(20)12-19(17)23-15-10-6-3-7-11-15/h2-13,20H,1H3. The third-order valence-electron chi connectivity index (χ3n) is 3.19. The van der Waals surface area contributed by atoms with Gasteiger partial charge in [0.25, 0.3) is 0 Å². The van der Waals surface area contributed by atoms with Crippen LogP contribution in [-0.4, -0.2) is 12.2 Å². The molecule has 0 unspecified atom stereocenters. The molecule has 0 saturated heterocycles. The van der Waals surface area contributed by atoms with Gasteiger partial charge in [-0.1, -0.05) is 59.9 Å². The number of phenolic OH excluding ortho intramolecular Hbond substituents is 1. The van der Waals surface area contributed by atoms with Gasteiger partial charge in [0.05, 0.1) is 16.9 Å². The number of benzene rings is 3. The quantitative estimate of drug-likeness (QED) is 0.645. The van der Waals surface area contributed by atoms with Crippen molar-refractivity contribution in [2.75, 3.05) is 7.11 Å². The van der Waals surface area contributed by atoms with Gasteiger partial charge in [-0.25, -0.2) is 0 Å². The van der Waals surface area contributed by atoms with Crippen LogP contribution < -0.4 is 4.74 Å². The Kier molecular flexibility index (Phi) is 5.16. The van der Waals surface area contributed by atoms with E-state index in [4.69, 9.17) is 4.74 Å². The predicted molar refractivity (Wildman–Crippen MR) is 95.8 cm³/mol. The Bertz CT molecular complexity index is 774. The summed E-state index contributed by atoms with van der Waals surface area (Å²) in [5.74, 6) is 1.02. The molecular weight excluding hydrogens is 324 g/mol. The molecule has 0 amide bonds. The average molecular weight is 340 g/mol. The number of hydrogen-bond donors (Lipinski definition) is 1. The zero-order valence-corrected chi connectivity index (χ0v) is 14.2. The molecule has 2 nitrogen and oxygen atoms in total. The Balaban J connectivity index is 1.89. The SMILES string of the molecule is COc1cc(Sc2ccccc2)c(O)cc1Sc1ccccc1. The number of aromatic hydroxyl groups is 1. The molecule has 1 N–H and O–H groups in total. The molecule has 0 aliphatic heterocycles. The first-order valence-corrected chi connectivity index (χ1v) is 8.76. The van der Waals surface area contributed by atoms with Crippen molar-refractivity contribution in [2.45, 2.75) is 19.6 Å². The zero-order valence-electron chi connectivity index (χ0n) is 12.6. The minimum Gasteiger partial charge on any atom is -0.507 e. The van der Waals surface area contributed by atoms with Crippen molar-refractivity contribution in [3.8, 4) is 11.5 Å². The Morgan fingerprint density at radius 1 is 0.739 bits per heavy atom. The second-order valence-electron chi connectivity index (χ2n) is 4.80. The van der Waals surface area contributed by atoms with Gasteiger partial charge < -0.3 is 9.84 Å². The average Bonchev–Trinajstić information content (AvgIpc) is 2.59. The topological polar surface area (TPSA) is 29.5 Å². The number of methoxy groups -OCH3 is 1. The maximum atomic E-state index is 10.4. The molecule has 3 aromatic carbocycles. The van der Waals surface area contributed by atoms with E-state index in [2.05, 4.69) is 0 Å². The van der Waals surface area contributed by atoms with Crippen molar-refractivity contribution in [3.63, 3.8) is 0 Å². The highest BCUT2D eigenvalue weighted by molar-refractivity contribution is 8.00. The minimum absolute atomic E-state index is 0.262. The summed E-state index contributed by atoms with van der Waals surface area (Å²) in [5, 5.41) is 10.4. The van der Waals surface area contributed by atoms with E-state index in [0.29, 0.717) is 0 Å². The first-order chi connectivity index (χ1) is 11.3. The van der Waals surface area contributed by atoms with E-state index in [1.807, 2.05) is 66.7 Å². The lowest BCUT2D eigenvalue weighted by atomic mass is 10.3. The van der Waals surface area contributed by atoms with Gasteiger partial charge in [-0.3, -0.25) is 0 Å². The molecule has 0 aromatic heterocycles. The molecule has 0 spiro atoms. The first kappa shape index (κ1) is 15.8. The third kappa shape index (κ3) is 4.03. The van der Waals surface area contributed by atoms with Crippen molar-refractivity contribution >= 4 is 23.5 Å².